The second kappa shape index (κ2) is 4.84. The molecular formula is C9H10BrClO2. The van der Waals surface area contributed by atoms with E-state index in [1.807, 2.05) is 13.0 Å². The molecular weight excluding hydrogens is 255 g/mol. The van der Waals surface area contributed by atoms with Crippen molar-refractivity contribution in [3.63, 3.8) is 0 Å². The third-order valence-corrected chi connectivity index (χ3v) is 2.77. The quantitative estimate of drug-likeness (QED) is 0.780. The third kappa shape index (κ3) is 2.59. The average Bonchev–Trinajstić information content (AvgIpc) is 2.12. The summed E-state index contributed by atoms with van der Waals surface area (Å²) in [6.45, 7) is 2.14. The summed E-state index contributed by atoms with van der Waals surface area (Å²) in [6, 6.07) is 3.67. The number of rotatable bonds is 3. The molecule has 1 aromatic rings. The van der Waals surface area contributed by atoms with E-state index in [9.17, 15) is 0 Å². The summed E-state index contributed by atoms with van der Waals surface area (Å²) >= 11 is 9.33. The van der Waals surface area contributed by atoms with Crippen molar-refractivity contribution >= 4 is 27.5 Å². The van der Waals surface area contributed by atoms with Gasteiger partial charge in [0.1, 0.15) is 5.75 Å². The molecule has 0 heterocycles. The van der Waals surface area contributed by atoms with Gasteiger partial charge in [-0.05, 0) is 19.1 Å². The van der Waals surface area contributed by atoms with Gasteiger partial charge in [0.25, 0.3) is 0 Å². The normalized spacial score (nSPS) is 10.2. The summed E-state index contributed by atoms with van der Waals surface area (Å²) < 4.78 is 11.1. The number of hydrogen-bond donors (Lipinski definition) is 0. The van der Waals surface area contributed by atoms with Gasteiger partial charge in [0.05, 0.1) is 5.02 Å². The van der Waals surface area contributed by atoms with Crippen LogP contribution in [0.15, 0.2) is 16.6 Å². The minimum atomic E-state index is 0.205. The van der Waals surface area contributed by atoms with Gasteiger partial charge in [-0.2, -0.15) is 0 Å². The minimum absolute atomic E-state index is 0.205. The number of methoxy groups -OCH3 is 1. The first-order valence-corrected chi connectivity index (χ1v) is 4.90. The Balaban J connectivity index is 2.96. The summed E-state index contributed by atoms with van der Waals surface area (Å²) in [5.41, 5.74) is 0.976. The van der Waals surface area contributed by atoms with Gasteiger partial charge in [-0.25, -0.2) is 0 Å². The smallest absolute Gasteiger partial charge is 0.188 e. The molecule has 1 rings (SSSR count). The summed E-state index contributed by atoms with van der Waals surface area (Å²) in [5.74, 6) is 0.665. The molecule has 0 aromatic heterocycles. The zero-order valence-corrected chi connectivity index (χ0v) is 9.78. The Morgan fingerprint density at radius 2 is 2.15 bits per heavy atom. The molecule has 0 atom stereocenters. The van der Waals surface area contributed by atoms with Crippen LogP contribution in [0.2, 0.25) is 5.02 Å². The lowest BCUT2D eigenvalue weighted by molar-refractivity contribution is 0.0506. The zero-order valence-electron chi connectivity index (χ0n) is 7.43. The number of ether oxygens (including phenoxy) is 2. The van der Waals surface area contributed by atoms with Gasteiger partial charge in [-0.3, -0.25) is 0 Å². The fourth-order valence-corrected chi connectivity index (χ4v) is 1.50. The highest BCUT2D eigenvalue weighted by molar-refractivity contribution is 9.10. The molecule has 0 aliphatic heterocycles. The monoisotopic (exact) mass is 264 g/mol. The highest BCUT2D eigenvalue weighted by Gasteiger charge is 2.07. The SMILES string of the molecule is COCOc1c(Cl)ccc(Br)c1C. The number of benzene rings is 1. The van der Waals surface area contributed by atoms with E-state index in [-0.39, 0.29) is 6.79 Å². The van der Waals surface area contributed by atoms with E-state index in [4.69, 9.17) is 21.1 Å². The number of hydrogen-bond acceptors (Lipinski definition) is 2. The van der Waals surface area contributed by atoms with Gasteiger partial charge in [0, 0.05) is 17.1 Å². The van der Waals surface area contributed by atoms with E-state index in [0.29, 0.717) is 10.8 Å². The molecule has 0 fully saturated rings. The van der Waals surface area contributed by atoms with E-state index >= 15 is 0 Å². The van der Waals surface area contributed by atoms with Crippen molar-refractivity contribution in [2.45, 2.75) is 6.92 Å². The lowest BCUT2D eigenvalue weighted by atomic mass is 10.2. The fraction of sp³-hybridized carbons (Fsp3) is 0.333. The van der Waals surface area contributed by atoms with Crippen LogP contribution in [-0.4, -0.2) is 13.9 Å². The Bertz CT molecular complexity index is 302. The van der Waals surface area contributed by atoms with E-state index in [2.05, 4.69) is 15.9 Å². The lowest BCUT2D eigenvalue weighted by Gasteiger charge is -2.10. The van der Waals surface area contributed by atoms with Crippen molar-refractivity contribution in [3.05, 3.63) is 27.2 Å². The zero-order chi connectivity index (χ0) is 9.84. The van der Waals surface area contributed by atoms with Crippen LogP contribution in [-0.2, 0) is 4.74 Å². The van der Waals surface area contributed by atoms with Gasteiger partial charge >= 0.3 is 0 Å². The van der Waals surface area contributed by atoms with E-state index < -0.39 is 0 Å². The second-order valence-corrected chi connectivity index (χ2v) is 3.80. The maximum Gasteiger partial charge on any atom is 0.188 e. The summed E-state index contributed by atoms with van der Waals surface area (Å²) in [7, 11) is 1.57. The van der Waals surface area contributed by atoms with Gasteiger partial charge in [0.15, 0.2) is 6.79 Å². The van der Waals surface area contributed by atoms with Crippen molar-refractivity contribution in [1.29, 1.82) is 0 Å². The molecule has 0 saturated heterocycles. The predicted octanol–water partition coefficient (Wildman–Crippen LogP) is 3.39. The third-order valence-electron chi connectivity index (χ3n) is 1.61. The molecule has 0 radical (unpaired) electrons. The van der Waals surface area contributed by atoms with Crippen LogP contribution in [0, 0.1) is 6.92 Å². The first-order chi connectivity index (χ1) is 6.16. The standard InChI is InChI=1S/C9H10BrClO2/c1-6-7(10)3-4-8(11)9(6)13-5-12-2/h3-4H,5H2,1-2H3. The van der Waals surface area contributed by atoms with Gasteiger partial charge < -0.3 is 9.47 Å². The average molecular weight is 266 g/mol. The van der Waals surface area contributed by atoms with Gasteiger partial charge in [-0.1, -0.05) is 27.5 Å². The largest absolute Gasteiger partial charge is 0.466 e. The predicted molar refractivity (Wildman–Crippen MR) is 56.4 cm³/mol. The Labute approximate surface area is 90.9 Å². The van der Waals surface area contributed by atoms with E-state index in [1.165, 1.54) is 0 Å². The Kier molecular flexibility index (Phi) is 4.03. The number of halogens is 2. The molecule has 0 spiro atoms. The van der Waals surface area contributed by atoms with Crippen LogP contribution < -0.4 is 4.74 Å². The van der Waals surface area contributed by atoms with Crippen LogP contribution >= 0.6 is 27.5 Å². The highest BCUT2D eigenvalue weighted by Crippen LogP contribution is 2.33. The lowest BCUT2D eigenvalue weighted by Crippen LogP contribution is -2.01. The molecule has 0 aliphatic carbocycles. The topological polar surface area (TPSA) is 18.5 Å². The van der Waals surface area contributed by atoms with Crippen LogP contribution in [0.25, 0.3) is 0 Å². The van der Waals surface area contributed by atoms with Crippen molar-refractivity contribution < 1.29 is 9.47 Å². The van der Waals surface area contributed by atoms with Crippen LogP contribution in [0.4, 0.5) is 0 Å². The van der Waals surface area contributed by atoms with Crippen LogP contribution in [0.1, 0.15) is 5.56 Å². The molecule has 0 bridgehead atoms. The molecule has 13 heavy (non-hydrogen) atoms. The minimum Gasteiger partial charge on any atom is -0.466 e. The summed E-state index contributed by atoms with van der Waals surface area (Å²) in [5, 5.41) is 0.595. The first kappa shape index (κ1) is 10.8. The second-order valence-electron chi connectivity index (χ2n) is 2.53. The van der Waals surface area contributed by atoms with Gasteiger partial charge in [0.2, 0.25) is 0 Å². The van der Waals surface area contributed by atoms with Crippen LogP contribution in [0.5, 0.6) is 5.75 Å². The maximum atomic E-state index is 5.94. The molecule has 2 nitrogen and oxygen atoms in total. The van der Waals surface area contributed by atoms with Gasteiger partial charge in [-0.15, -0.1) is 0 Å². The highest BCUT2D eigenvalue weighted by atomic mass is 79.9. The molecule has 4 heteroatoms. The van der Waals surface area contributed by atoms with Crippen LogP contribution in [0.3, 0.4) is 0 Å². The summed E-state index contributed by atoms with van der Waals surface area (Å²) in [6.07, 6.45) is 0. The van der Waals surface area contributed by atoms with Crippen molar-refractivity contribution in [1.82, 2.24) is 0 Å². The Morgan fingerprint density at radius 1 is 1.46 bits per heavy atom. The molecule has 0 unspecified atom stereocenters. The fourth-order valence-electron chi connectivity index (χ4n) is 0.930. The first-order valence-electron chi connectivity index (χ1n) is 3.73. The Hall–Kier alpha value is -0.250. The molecule has 1 aromatic carbocycles. The molecule has 0 saturated carbocycles. The van der Waals surface area contributed by atoms with E-state index in [1.54, 1.807) is 13.2 Å². The maximum absolute atomic E-state index is 5.94. The molecule has 0 aliphatic rings. The van der Waals surface area contributed by atoms with Crippen molar-refractivity contribution in [3.8, 4) is 5.75 Å². The van der Waals surface area contributed by atoms with Crippen molar-refractivity contribution in [2.75, 3.05) is 13.9 Å². The van der Waals surface area contributed by atoms with E-state index in [0.717, 1.165) is 10.0 Å². The molecule has 0 amide bonds. The molecule has 0 N–H and O–H groups in total. The summed E-state index contributed by atoms with van der Waals surface area (Å²) in [4.78, 5) is 0. The van der Waals surface area contributed by atoms with Crippen molar-refractivity contribution in [2.24, 2.45) is 0 Å². The molecule has 72 valence electrons. The Morgan fingerprint density at radius 3 is 2.77 bits per heavy atom.